The van der Waals surface area contributed by atoms with Crippen LogP contribution in [0.5, 0.6) is 0 Å². The zero-order chi connectivity index (χ0) is 13.5. The van der Waals surface area contributed by atoms with E-state index in [9.17, 15) is 9.59 Å². The number of hydrogen-bond donors (Lipinski definition) is 1. The maximum Gasteiger partial charge on any atom is 0.407 e. The number of carbonyl (C=O) groups is 2. The molecule has 0 spiro atoms. The Morgan fingerprint density at radius 1 is 1.29 bits per heavy atom. The second-order valence-corrected chi connectivity index (χ2v) is 4.75. The fourth-order valence-electron chi connectivity index (χ4n) is 0.892. The lowest BCUT2D eigenvalue weighted by Gasteiger charge is -2.20. The van der Waals surface area contributed by atoms with Crippen LogP contribution >= 0.6 is 0 Å². The number of carbonyl (C=O) groups excluding carboxylic acids is 2. The fraction of sp³-hybridized carbons (Fsp3) is 0.833. The first-order chi connectivity index (χ1) is 7.79. The Hall–Kier alpha value is -1.26. The molecule has 0 saturated carbocycles. The Kier molecular flexibility index (Phi) is 6.61. The molecule has 0 aliphatic heterocycles. The van der Waals surface area contributed by atoms with Crippen LogP contribution in [0, 0.1) is 5.41 Å². The quantitative estimate of drug-likeness (QED) is 0.575. The molecule has 1 N–H and O–H groups in total. The average Bonchev–Trinajstić information content (AvgIpc) is 2.23. The van der Waals surface area contributed by atoms with Gasteiger partial charge in [-0.3, -0.25) is 4.79 Å². The van der Waals surface area contributed by atoms with Crippen molar-refractivity contribution in [2.45, 2.75) is 47.1 Å². The molecule has 0 aliphatic carbocycles. The summed E-state index contributed by atoms with van der Waals surface area (Å²) in [5.41, 5.74) is -0.474. The van der Waals surface area contributed by atoms with Gasteiger partial charge in [-0.1, -0.05) is 6.92 Å². The molecule has 5 heteroatoms. The highest BCUT2D eigenvalue weighted by Crippen LogP contribution is 2.21. The monoisotopic (exact) mass is 245 g/mol. The predicted octanol–water partition coefficient (Wildman–Crippen LogP) is 2.10. The Labute approximate surface area is 103 Å². The first-order valence-electron chi connectivity index (χ1n) is 5.91. The van der Waals surface area contributed by atoms with Gasteiger partial charge < -0.3 is 14.8 Å². The molecule has 1 amide bonds. The number of esters is 1. The van der Waals surface area contributed by atoms with Crippen LogP contribution < -0.4 is 5.32 Å². The highest BCUT2D eigenvalue weighted by Gasteiger charge is 2.26. The maximum absolute atomic E-state index is 11.6. The molecule has 0 saturated heterocycles. The van der Waals surface area contributed by atoms with E-state index in [0.717, 1.165) is 0 Å². The summed E-state index contributed by atoms with van der Waals surface area (Å²) in [6.45, 7) is 9.55. The zero-order valence-corrected chi connectivity index (χ0v) is 11.3. The Bertz CT molecular complexity index is 261. The van der Waals surface area contributed by atoms with Gasteiger partial charge in [0.1, 0.15) is 6.61 Å². The standard InChI is InChI=1S/C12H23NO4/c1-6-12(4,5)10(14)16-8-7-13-11(15)17-9(2)3/h9H,6-8H2,1-5H3,(H,13,15). The van der Waals surface area contributed by atoms with Gasteiger partial charge in [0.05, 0.1) is 18.1 Å². The summed E-state index contributed by atoms with van der Waals surface area (Å²) in [5.74, 6) is -0.251. The van der Waals surface area contributed by atoms with E-state index in [0.29, 0.717) is 6.42 Å². The van der Waals surface area contributed by atoms with Crippen molar-refractivity contribution in [1.82, 2.24) is 5.32 Å². The Balaban J connectivity index is 3.72. The Morgan fingerprint density at radius 3 is 2.35 bits per heavy atom. The van der Waals surface area contributed by atoms with E-state index in [1.807, 2.05) is 20.8 Å². The van der Waals surface area contributed by atoms with Gasteiger partial charge in [-0.15, -0.1) is 0 Å². The van der Waals surface area contributed by atoms with Gasteiger partial charge in [-0.2, -0.15) is 0 Å². The second-order valence-electron chi connectivity index (χ2n) is 4.75. The average molecular weight is 245 g/mol. The summed E-state index contributed by atoms with van der Waals surface area (Å²) >= 11 is 0. The molecule has 0 aliphatic rings. The minimum atomic E-state index is -0.495. The maximum atomic E-state index is 11.6. The first-order valence-corrected chi connectivity index (χ1v) is 5.91. The molecule has 0 atom stereocenters. The molecule has 0 aromatic rings. The lowest BCUT2D eigenvalue weighted by atomic mass is 9.91. The van der Waals surface area contributed by atoms with Crippen molar-refractivity contribution in [3.05, 3.63) is 0 Å². The molecule has 0 rings (SSSR count). The first kappa shape index (κ1) is 15.7. The molecular weight excluding hydrogens is 222 g/mol. The van der Waals surface area contributed by atoms with Crippen molar-refractivity contribution >= 4 is 12.1 Å². The summed E-state index contributed by atoms with van der Waals surface area (Å²) in [6.07, 6.45) is 0.0663. The molecular formula is C12H23NO4. The van der Waals surface area contributed by atoms with Crippen molar-refractivity contribution < 1.29 is 19.1 Å². The summed E-state index contributed by atoms with van der Waals surface area (Å²) in [4.78, 5) is 22.6. The number of ether oxygens (including phenoxy) is 2. The van der Waals surface area contributed by atoms with Crippen LogP contribution in [-0.4, -0.2) is 31.3 Å². The van der Waals surface area contributed by atoms with E-state index in [-0.39, 0.29) is 25.2 Å². The smallest absolute Gasteiger partial charge is 0.407 e. The lowest BCUT2D eigenvalue weighted by Crippen LogP contribution is -2.32. The van der Waals surface area contributed by atoms with Gasteiger partial charge in [-0.05, 0) is 34.1 Å². The number of alkyl carbamates (subject to hydrolysis) is 1. The molecule has 0 bridgehead atoms. The molecule has 100 valence electrons. The van der Waals surface area contributed by atoms with Crippen LogP contribution in [0.4, 0.5) is 4.79 Å². The third-order valence-electron chi connectivity index (χ3n) is 2.38. The minimum absolute atomic E-state index is 0.156. The van der Waals surface area contributed by atoms with Crippen LogP contribution in [0.2, 0.25) is 0 Å². The fourth-order valence-corrected chi connectivity index (χ4v) is 0.892. The third kappa shape index (κ3) is 6.81. The molecule has 0 heterocycles. The predicted molar refractivity (Wildman–Crippen MR) is 64.7 cm³/mol. The summed E-state index contributed by atoms with van der Waals surface area (Å²) in [5, 5.41) is 2.50. The van der Waals surface area contributed by atoms with E-state index in [1.54, 1.807) is 13.8 Å². The van der Waals surface area contributed by atoms with Gasteiger partial charge in [0.15, 0.2) is 0 Å². The van der Waals surface area contributed by atoms with Crippen LogP contribution in [0.1, 0.15) is 41.0 Å². The molecule has 0 aromatic heterocycles. The van der Waals surface area contributed by atoms with Gasteiger partial charge in [-0.25, -0.2) is 4.79 Å². The number of hydrogen-bond acceptors (Lipinski definition) is 4. The van der Waals surface area contributed by atoms with Gasteiger partial charge in [0.2, 0.25) is 0 Å². The SMILES string of the molecule is CCC(C)(C)C(=O)OCCNC(=O)OC(C)C. The number of nitrogens with one attached hydrogen (secondary N) is 1. The molecule has 0 radical (unpaired) electrons. The van der Waals surface area contributed by atoms with Crippen LogP contribution in [0.3, 0.4) is 0 Å². The largest absolute Gasteiger partial charge is 0.463 e. The van der Waals surface area contributed by atoms with E-state index < -0.39 is 11.5 Å². The normalized spacial score (nSPS) is 11.2. The van der Waals surface area contributed by atoms with Crippen LogP contribution in [0.25, 0.3) is 0 Å². The third-order valence-corrected chi connectivity index (χ3v) is 2.38. The van der Waals surface area contributed by atoms with Crippen molar-refractivity contribution in [2.24, 2.45) is 5.41 Å². The van der Waals surface area contributed by atoms with Crippen molar-refractivity contribution in [2.75, 3.05) is 13.2 Å². The lowest BCUT2D eigenvalue weighted by molar-refractivity contribution is -0.153. The van der Waals surface area contributed by atoms with E-state index >= 15 is 0 Å². The van der Waals surface area contributed by atoms with Gasteiger partial charge in [0.25, 0.3) is 0 Å². The second kappa shape index (κ2) is 7.14. The van der Waals surface area contributed by atoms with Crippen molar-refractivity contribution in [3.8, 4) is 0 Å². The molecule has 0 aromatic carbocycles. The van der Waals surface area contributed by atoms with E-state index in [2.05, 4.69) is 5.32 Å². The number of amides is 1. The van der Waals surface area contributed by atoms with E-state index in [1.165, 1.54) is 0 Å². The summed E-state index contributed by atoms with van der Waals surface area (Å²) < 4.78 is 9.90. The van der Waals surface area contributed by atoms with Gasteiger partial charge in [0, 0.05) is 0 Å². The molecule has 0 unspecified atom stereocenters. The van der Waals surface area contributed by atoms with Crippen LogP contribution in [0.15, 0.2) is 0 Å². The molecule has 17 heavy (non-hydrogen) atoms. The highest BCUT2D eigenvalue weighted by molar-refractivity contribution is 5.75. The summed E-state index contributed by atoms with van der Waals surface area (Å²) in [6, 6.07) is 0. The van der Waals surface area contributed by atoms with Gasteiger partial charge >= 0.3 is 12.1 Å². The Morgan fingerprint density at radius 2 is 1.88 bits per heavy atom. The topological polar surface area (TPSA) is 64.6 Å². The molecule has 5 nitrogen and oxygen atoms in total. The van der Waals surface area contributed by atoms with Crippen LogP contribution in [-0.2, 0) is 14.3 Å². The number of rotatable bonds is 6. The molecule has 0 fully saturated rings. The summed E-state index contributed by atoms with van der Waals surface area (Å²) in [7, 11) is 0. The minimum Gasteiger partial charge on any atom is -0.463 e. The highest BCUT2D eigenvalue weighted by atomic mass is 16.6. The van der Waals surface area contributed by atoms with Crippen molar-refractivity contribution in [3.63, 3.8) is 0 Å². The van der Waals surface area contributed by atoms with Crippen molar-refractivity contribution in [1.29, 1.82) is 0 Å². The zero-order valence-electron chi connectivity index (χ0n) is 11.3. The van der Waals surface area contributed by atoms with E-state index in [4.69, 9.17) is 9.47 Å².